The number of nitro groups is 1. The summed E-state index contributed by atoms with van der Waals surface area (Å²) in [6, 6.07) is -0.691. The largest absolute Gasteiger partial charge is 0.404 e. The van der Waals surface area contributed by atoms with Crippen molar-refractivity contribution >= 4 is 44.1 Å². The number of anilines is 1. The van der Waals surface area contributed by atoms with Gasteiger partial charge < -0.3 is 15.4 Å². The van der Waals surface area contributed by atoms with Crippen molar-refractivity contribution in [2.75, 3.05) is 5.32 Å². The predicted octanol–water partition coefficient (Wildman–Crippen LogP) is 2.52. The molecular formula is C10H10BrN5O3S. The van der Waals surface area contributed by atoms with E-state index in [1.807, 2.05) is 0 Å². The second-order valence-corrected chi connectivity index (χ2v) is 5.61. The topological polar surface area (TPSA) is 103 Å². The van der Waals surface area contributed by atoms with E-state index in [1.165, 1.54) is 16.0 Å². The number of thiazole rings is 1. The number of rotatable bonds is 4. The van der Waals surface area contributed by atoms with Gasteiger partial charge in [0.2, 0.25) is 0 Å². The number of carbonyl (C=O) groups excluding carboxylic acids is 1. The van der Waals surface area contributed by atoms with Crippen molar-refractivity contribution in [2.24, 2.45) is 0 Å². The Bertz CT molecular complexity index is 654. The second kappa shape index (κ2) is 5.67. The summed E-state index contributed by atoms with van der Waals surface area (Å²) >= 11 is 4.40. The lowest BCUT2D eigenvalue weighted by atomic mass is 10.3. The molecule has 2 heterocycles. The van der Waals surface area contributed by atoms with Gasteiger partial charge in [0.05, 0.1) is 10.8 Å². The fourth-order valence-corrected chi connectivity index (χ4v) is 2.52. The summed E-state index contributed by atoms with van der Waals surface area (Å²) in [5.74, 6) is -0.649. The van der Waals surface area contributed by atoms with Gasteiger partial charge in [0, 0.05) is 11.6 Å². The maximum Gasteiger partial charge on any atom is 0.404 e. The molecule has 0 aliphatic rings. The Morgan fingerprint density at radius 1 is 1.65 bits per heavy atom. The fraction of sp³-hybridized carbons (Fsp3) is 0.300. The average Bonchev–Trinajstić information content (AvgIpc) is 2.99. The van der Waals surface area contributed by atoms with E-state index in [0.29, 0.717) is 10.8 Å². The van der Waals surface area contributed by atoms with Gasteiger partial charge in [0.1, 0.15) is 10.5 Å². The van der Waals surface area contributed by atoms with Crippen LogP contribution in [0.25, 0.3) is 0 Å². The standard InChI is InChI=1S/C10H10BrN5O3S/c1-5-7(11)8(16(18)19)14-15(5)6(2)9(17)13-10-12-3-4-20-10/h3-4,6H,1-2H3,(H,12,13,17)/t6-/m0/s1. The van der Waals surface area contributed by atoms with Gasteiger partial charge in [-0.1, -0.05) is 0 Å². The normalized spacial score (nSPS) is 12.2. The zero-order valence-electron chi connectivity index (χ0n) is 10.5. The Balaban J connectivity index is 2.25. The molecule has 1 amide bonds. The first kappa shape index (κ1) is 14.6. The zero-order chi connectivity index (χ0) is 14.9. The highest BCUT2D eigenvalue weighted by atomic mass is 79.9. The van der Waals surface area contributed by atoms with Crippen molar-refractivity contribution in [3.63, 3.8) is 0 Å². The van der Waals surface area contributed by atoms with Gasteiger partial charge in [-0.2, -0.15) is 4.68 Å². The van der Waals surface area contributed by atoms with Crippen LogP contribution < -0.4 is 5.32 Å². The minimum atomic E-state index is -0.691. The van der Waals surface area contributed by atoms with Crippen molar-refractivity contribution in [1.29, 1.82) is 0 Å². The summed E-state index contributed by atoms with van der Waals surface area (Å²) < 4.78 is 1.59. The maximum atomic E-state index is 12.1. The van der Waals surface area contributed by atoms with Crippen LogP contribution in [-0.4, -0.2) is 25.6 Å². The minimum absolute atomic E-state index is 0.274. The van der Waals surface area contributed by atoms with E-state index in [-0.39, 0.29) is 16.2 Å². The molecule has 2 rings (SSSR count). The molecule has 2 aromatic rings. The highest BCUT2D eigenvalue weighted by Gasteiger charge is 2.29. The number of hydrogen-bond donors (Lipinski definition) is 1. The first-order chi connectivity index (χ1) is 9.41. The van der Waals surface area contributed by atoms with E-state index in [9.17, 15) is 14.9 Å². The molecule has 8 nitrogen and oxygen atoms in total. The first-order valence-electron chi connectivity index (χ1n) is 5.51. The molecular weight excluding hydrogens is 350 g/mol. The van der Waals surface area contributed by atoms with E-state index >= 15 is 0 Å². The molecule has 0 aliphatic carbocycles. The molecule has 0 saturated heterocycles. The summed E-state index contributed by atoms with van der Waals surface area (Å²) in [7, 11) is 0. The third-order valence-corrected chi connectivity index (χ3v) is 4.26. The molecule has 10 heteroatoms. The Morgan fingerprint density at radius 3 is 2.85 bits per heavy atom. The van der Waals surface area contributed by atoms with Crippen LogP contribution in [0.5, 0.6) is 0 Å². The van der Waals surface area contributed by atoms with Gasteiger partial charge in [-0.15, -0.1) is 11.3 Å². The van der Waals surface area contributed by atoms with Gasteiger partial charge in [-0.25, -0.2) is 4.98 Å². The van der Waals surface area contributed by atoms with Gasteiger partial charge >= 0.3 is 5.82 Å². The maximum absolute atomic E-state index is 12.1. The molecule has 0 unspecified atom stereocenters. The van der Waals surface area contributed by atoms with Crippen LogP contribution in [0.4, 0.5) is 10.9 Å². The van der Waals surface area contributed by atoms with E-state index in [4.69, 9.17) is 0 Å². The van der Waals surface area contributed by atoms with Crippen LogP contribution >= 0.6 is 27.3 Å². The Labute approximate surface area is 126 Å². The average molecular weight is 360 g/mol. The molecule has 2 aromatic heterocycles. The number of carbonyl (C=O) groups is 1. The number of aromatic nitrogens is 3. The molecule has 0 fully saturated rings. The number of halogens is 1. The first-order valence-corrected chi connectivity index (χ1v) is 7.18. The van der Waals surface area contributed by atoms with Crippen molar-refractivity contribution in [2.45, 2.75) is 19.9 Å². The van der Waals surface area contributed by atoms with Crippen LogP contribution in [0, 0.1) is 17.0 Å². The van der Waals surface area contributed by atoms with Gasteiger partial charge in [-0.05, 0) is 34.7 Å². The van der Waals surface area contributed by atoms with E-state index in [2.05, 4.69) is 31.3 Å². The quantitative estimate of drug-likeness (QED) is 0.667. The fourth-order valence-electron chi connectivity index (χ4n) is 1.58. The smallest absolute Gasteiger partial charge is 0.358 e. The zero-order valence-corrected chi connectivity index (χ0v) is 12.9. The van der Waals surface area contributed by atoms with Gasteiger partial charge in [-0.3, -0.25) is 4.79 Å². The lowest BCUT2D eigenvalue weighted by Crippen LogP contribution is -2.25. The number of nitrogens with zero attached hydrogens (tertiary/aromatic N) is 4. The van der Waals surface area contributed by atoms with Crippen molar-refractivity contribution in [1.82, 2.24) is 14.8 Å². The lowest BCUT2D eigenvalue weighted by molar-refractivity contribution is -0.390. The predicted molar refractivity (Wildman–Crippen MR) is 76.8 cm³/mol. The van der Waals surface area contributed by atoms with Crippen LogP contribution in [-0.2, 0) is 4.79 Å². The minimum Gasteiger partial charge on any atom is -0.358 e. The molecule has 0 aliphatic heterocycles. The molecule has 1 atom stereocenters. The highest BCUT2D eigenvalue weighted by molar-refractivity contribution is 9.10. The van der Waals surface area contributed by atoms with Crippen molar-refractivity contribution < 1.29 is 9.72 Å². The summed E-state index contributed by atoms with van der Waals surface area (Å²) in [6.07, 6.45) is 1.57. The summed E-state index contributed by atoms with van der Waals surface area (Å²) in [6.45, 7) is 3.26. The third-order valence-electron chi connectivity index (χ3n) is 2.64. The van der Waals surface area contributed by atoms with Crippen LogP contribution in [0.3, 0.4) is 0 Å². The van der Waals surface area contributed by atoms with Gasteiger partial charge in [0.15, 0.2) is 5.13 Å². The molecule has 0 saturated carbocycles. The van der Waals surface area contributed by atoms with Gasteiger partial charge in [0.25, 0.3) is 5.91 Å². The van der Waals surface area contributed by atoms with Crippen molar-refractivity contribution in [3.05, 3.63) is 31.9 Å². The Hall–Kier alpha value is -1.81. The van der Waals surface area contributed by atoms with Crippen LogP contribution in [0.15, 0.2) is 16.0 Å². The third kappa shape index (κ3) is 2.70. The Kier molecular flexibility index (Phi) is 4.14. The molecule has 20 heavy (non-hydrogen) atoms. The van der Waals surface area contributed by atoms with Crippen LogP contribution in [0.2, 0.25) is 0 Å². The SMILES string of the molecule is Cc1c(Br)c([N+](=O)[O-])nn1[C@@H](C)C(=O)Nc1nccs1. The summed E-state index contributed by atoms with van der Waals surface area (Å²) in [5, 5.41) is 19.5. The summed E-state index contributed by atoms with van der Waals surface area (Å²) in [5.41, 5.74) is 0.512. The number of hydrogen-bond acceptors (Lipinski definition) is 6. The molecule has 0 bridgehead atoms. The van der Waals surface area contributed by atoms with E-state index < -0.39 is 11.0 Å². The second-order valence-electron chi connectivity index (χ2n) is 3.93. The van der Waals surface area contributed by atoms with E-state index in [0.717, 1.165) is 0 Å². The number of amides is 1. The summed E-state index contributed by atoms with van der Waals surface area (Å²) in [4.78, 5) is 26.2. The van der Waals surface area contributed by atoms with Crippen molar-refractivity contribution in [3.8, 4) is 0 Å². The molecule has 0 radical (unpaired) electrons. The van der Waals surface area contributed by atoms with Crippen LogP contribution in [0.1, 0.15) is 18.7 Å². The van der Waals surface area contributed by atoms with E-state index in [1.54, 1.807) is 25.4 Å². The Morgan fingerprint density at radius 2 is 2.35 bits per heavy atom. The molecule has 106 valence electrons. The molecule has 0 aromatic carbocycles. The highest BCUT2D eigenvalue weighted by Crippen LogP contribution is 2.29. The monoisotopic (exact) mass is 359 g/mol. The lowest BCUT2D eigenvalue weighted by Gasteiger charge is -2.09. The number of nitrogens with one attached hydrogen (secondary N) is 1. The molecule has 1 N–H and O–H groups in total. The molecule has 0 spiro atoms.